The minimum absolute atomic E-state index is 0.213. The predicted octanol–water partition coefficient (Wildman–Crippen LogP) is 9.46. The van der Waals surface area contributed by atoms with Crippen LogP contribution in [0.2, 0.25) is 0 Å². The standard InChI is InChI=1S/C32H34Br4O4/c1-32(19-9-3-2-4-10-19,20-15-22(33)30(23(34)16-20)39-28-13-7-5-11-26(28)37)21-17-24(35)31(25(36)18-21)40-29-14-8-6-12-27(29)38/h2-4,9-10,15-18,26-29,37-38H,5-8,11-14H2,1H3. The van der Waals surface area contributed by atoms with Crippen LogP contribution in [-0.4, -0.2) is 34.6 Å². The number of benzene rings is 3. The van der Waals surface area contributed by atoms with Gasteiger partial charge in [0.15, 0.2) is 0 Å². The Morgan fingerprint density at radius 3 is 1.35 bits per heavy atom. The van der Waals surface area contributed by atoms with Crippen LogP contribution in [0.3, 0.4) is 0 Å². The number of hydrogen-bond donors (Lipinski definition) is 2. The molecule has 2 saturated carbocycles. The van der Waals surface area contributed by atoms with E-state index < -0.39 is 17.6 Å². The summed E-state index contributed by atoms with van der Waals surface area (Å²) in [6.07, 6.45) is 6.09. The normalized spacial score (nSPS) is 24.8. The van der Waals surface area contributed by atoms with Gasteiger partial charge in [0.25, 0.3) is 0 Å². The molecule has 0 aromatic heterocycles. The maximum absolute atomic E-state index is 10.5. The Hall–Kier alpha value is -0.900. The zero-order valence-corrected chi connectivity index (χ0v) is 28.7. The van der Waals surface area contributed by atoms with E-state index in [0.717, 1.165) is 85.9 Å². The maximum atomic E-state index is 10.5. The zero-order valence-electron chi connectivity index (χ0n) is 22.4. The first-order chi connectivity index (χ1) is 19.2. The van der Waals surface area contributed by atoms with E-state index in [-0.39, 0.29) is 12.2 Å². The van der Waals surface area contributed by atoms with Crippen LogP contribution in [0.5, 0.6) is 11.5 Å². The number of aliphatic hydroxyl groups is 2. The molecule has 2 fully saturated rings. The number of hydrogen-bond acceptors (Lipinski definition) is 4. The molecule has 5 rings (SSSR count). The van der Waals surface area contributed by atoms with E-state index in [4.69, 9.17) is 9.47 Å². The van der Waals surface area contributed by atoms with Gasteiger partial charge in [0.05, 0.1) is 30.1 Å². The molecule has 4 unspecified atom stereocenters. The first kappa shape index (κ1) is 30.6. The summed E-state index contributed by atoms with van der Waals surface area (Å²) < 4.78 is 16.0. The molecule has 0 amide bonds. The lowest BCUT2D eigenvalue weighted by Gasteiger charge is -2.34. The Morgan fingerprint density at radius 2 is 0.975 bits per heavy atom. The summed E-state index contributed by atoms with van der Waals surface area (Å²) in [5.74, 6) is 1.42. The van der Waals surface area contributed by atoms with Crippen molar-refractivity contribution in [1.82, 2.24) is 0 Å². The lowest BCUT2D eigenvalue weighted by atomic mass is 9.71. The van der Waals surface area contributed by atoms with Crippen LogP contribution in [0, 0.1) is 0 Å². The highest BCUT2D eigenvalue weighted by atomic mass is 79.9. The predicted molar refractivity (Wildman–Crippen MR) is 173 cm³/mol. The number of rotatable bonds is 7. The molecular weight excluding hydrogens is 768 g/mol. The van der Waals surface area contributed by atoms with Gasteiger partial charge in [-0.1, -0.05) is 43.2 Å². The van der Waals surface area contributed by atoms with E-state index in [1.54, 1.807) is 0 Å². The highest BCUT2D eigenvalue weighted by Crippen LogP contribution is 2.48. The summed E-state index contributed by atoms with van der Waals surface area (Å²) >= 11 is 15.1. The van der Waals surface area contributed by atoms with E-state index in [0.29, 0.717) is 11.5 Å². The van der Waals surface area contributed by atoms with Crippen LogP contribution < -0.4 is 9.47 Å². The average molecular weight is 802 g/mol. The summed E-state index contributed by atoms with van der Waals surface area (Å²) in [6.45, 7) is 2.22. The van der Waals surface area contributed by atoms with Gasteiger partial charge in [0.1, 0.15) is 23.7 Å². The highest BCUT2D eigenvalue weighted by molar-refractivity contribution is 9.11. The summed E-state index contributed by atoms with van der Waals surface area (Å²) in [7, 11) is 0. The molecule has 0 bridgehead atoms. The summed E-state index contributed by atoms with van der Waals surface area (Å²) in [6, 6.07) is 18.9. The molecule has 4 nitrogen and oxygen atoms in total. The average Bonchev–Trinajstić information content (AvgIpc) is 2.94. The van der Waals surface area contributed by atoms with Gasteiger partial charge in [-0.3, -0.25) is 0 Å². The van der Waals surface area contributed by atoms with Crippen molar-refractivity contribution in [3.05, 3.63) is 89.2 Å². The van der Waals surface area contributed by atoms with Crippen LogP contribution in [-0.2, 0) is 5.41 Å². The van der Waals surface area contributed by atoms with E-state index in [1.807, 2.05) is 6.07 Å². The molecule has 0 saturated heterocycles. The molecule has 0 spiro atoms. The number of halogens is 4. The Balaban J connectivity index is 1.55. The molecule has 0 aliphatic heterocycles. The minimum atomic E-state index is -0.525. The lowest BCUT2D eigenvalue weighted by molar-refractivity contribution is 0.00607. The fourth-order valence-corrected chi connectivity index (χ4v) is 8.67. The maximum Gasteiger partial charge on any atom is 0.148 e. The molecule has 2 N–H and O–H groups in total. The molecular formula is C32H34Br4O4. The van der Waals surface area contributed by atoms with Crippen LogP contribution in [0.25, 0.3) is 0 Å². The second-order valence-electron chi connectivity index (χ2n) is 11.0. The van der Waals surface area contributed by atoms with Crippen molar-refractivity contribution in [2.75, 3.05) is 0 Å². The van der Waals surface area contributed by atoms with E-state index in [2.05, 4.69) is 119 Å². The van der Waals surface area contributed by atoms with Crippen LogP contribution >= 0.6 is 63.7 Å². The monoisotopic (exact) mass is 798 g/mol. The molecule has 2 aliphatic carbocycles. The Bertz CT molecular complexity index is 1210. The molecule has 3 aromatic rings. The molecule has 4 atom stereocenters. The van der Waals surface area contributed by atoms with Crippen molar-refractivity contribution in [2.45, 2.75) is 88.1 Å². The fraction of sp³-hybridized carbons (Fsp3) is 0.438. The molecule has 0 radical (unpaired) electrons. The Kier molecular flexibility index (Phi) is 10.1. The van der Waals surface area contributed by atoms with Crippen LogP contribution in [0.15, 0.2) is 72.5 Å². The summed E-state index contributed by atoms with van der Waals surface area (Å²) in [5.41, 5.74) is 2.76. The number of ether oxygens (including phenoxy) is 2. The summed E-state index contributed by atoms with van der Waals surface area (Å²) in [5, 5.41) is 21.0. The lowest BCUT2D eigenvalue weighted by Crippen LogP contribution is -2.35. The summed E-state index contributed by atoms with van der Waals surface area (Å²) in [4.78, 5) is 0. The molecule has 3 aromatic carbocycles. The second-order valence-corrected chi connectivity index (χ2v) is 14.5. The second kappa shape index (κ2) is 13.2. The van der Waals surface area contributed by atoms with Crippen LogP contribution in [0.4, 0.5) is 0 Å². The molecule has 0 heterocycles. The van der Waals surface area contributed by atoms with Crippen molar-refractivity contribution in [1.29, 1.82) is 0 Å². The zero-order chi connectivity index (χ0) is 28.4. The minimum Gasteiger partial charge on any atom is -0.485 e. The van der Waals surface area contributed by atoms with Crippen molar-refractivity contribution in [3.63, 3.8) is 0 Å². The van der Waals surface area contributed by atoms with E-state index >= 15 is 0 Å². The van der Waals surface area contributed by atoms with Gasteiger partial charge in [-0.05, 0) is 150 Å². The van der Waals surface area contributed by atoms with E-state index in [1.165, 1.54) is 0 Å². The van der Waals surface area contributed by atoms with Gasteiger partial charge in [-0.25, -0.2) is 0 Å². The first-order valence-electron chi connectivity index (χ1n) is 13.9. The van der Waals surface area contributed by atoms with Gasteiger partial charge < -0.3 is 19.7 Å². The molecule has 214 valence electrons. The smallest absolute Gasteiger partial charge is 0.148 e. The SMILES string of the molecule is CC(c1ccccc1)(c1cc(Br)c(OC2CCCCC2O)c(Br)c1)c1cc(Br)c(OC2CCCCC2O)c(Br)c1. The molecule has 2 aliphatic rings. The van der Waals surface area contributed by atoms with Gasteiger partial charge in [0, 0.05) is 5.41 Å². The van der Waals surface area contributed by atoms with Crippen LogP contribution in [0.1, 0.15) is 75.0 Å². The number of aliphatic hydroxyl groups excluding tert-OH is 2. The topological polar surface area (TPSA) is 58.9 Å². The van der Waals surface area contributed by atoms with Crippen molar-refractivity contribution < 1.29 is 19.7 Å². The molecule has 8 heteroatoms. The van der Waals surface area contributed by atoms with Crippen molar-refractivity contribution in [2.24, 2.45) is 0 Å². The van der Waals surface area contributed by atoms with Crippen molar-refractivity contribution >= 4 is 63.7 Å². The van der Waals surface area contributed by atoms with Gasteiger partial charge in [-0.15, -0.1) is 0 Å². The van der Waals surface area contributed by atoms with Crippen molar-refractivity contribution in [3.8, 4) is 11.5 Å². The Morgan fingerprint density at radius 1 is 0.600 bits per heavy atom. The third-order valence-corrected chi connectivity index (χ3v) is 10.7. The fourth-order valence-electron chi connectivity index (χ4n) is 5.93. The quantitative estimate of drug-likeness (QED) is 0.234. The van der Waals surface area contributed by atoms with Gasteiger partial charge in [0.2, 0.25) is 0 Å². The Labute approximate surface area is 270 Å². The van der Waals surface area contributed by atoms with E-state index in [9.17, 15) is 10.2 Å². The largest absolute Gasteiger partial charge is 0.485 e. The van der Waals surface area contributed by atoms with Gasteiger partial charge >= 0.3 is 0 Å². The van der Waals surface area contributed by atoms with Gasteiger partial charge in [-0.2, -0.15) is 0 Å². The highest BCUT2D eigenvalue weighted by Gasteiger charge is 2.35. The molecule has 40 heavy (non-hydrogen) atoms. The third-order valence-electron chi connectivity index (χ3n) is 8.38. The third kappa shape index (κ3) is 6.37. The first-order valence-corrected chi connectivity index (χ1v) is 17.1.